The fourth-order valence-corrected chi connectivity index (χ4v) is 1.93. The molecular formula is C14H12ClNO. The molecule has 1 aromatic rings. The van der Waals surface area contributed by atoms with E-state index in [1.54, 1.807) is 18.2 Å². The van der Waals surface area contributed by atoms with Crippen LogP contribution in [0.3, 0.4) is 0 Å². The number of nitrogens with two attached hydrogens (primary N) is 1. The summed E-state index contributed by atoms with van der Waals surface area (Å²) in [6.45, 7) is 0. The Balaban J connectivity index is 2.38. The molecule has 0 aromatic heterocycles. The van der Waals surface area contributed by atoms with Gasteiger partial charge >= 0.3 is 0 Å². The molecular weight excluding hydrogens is 234 g/mol. The van der Waals surface area contributed by atoms with Gasteiger partial charge in [0.2, 0.25) is 5.24 Å². The highest BCUT2D eigenvalue weighted by atomic mass is 35.5. The molecule has 2 N–H and O–H groups in total. The second-order valence-electron chi connectivity index (χ2n) is 3.84. The predicted molar refractivity (Wildman–Crippen MR) is 70.2 cm³/mol. The van der Waals surface area contributed by atoms with Gasteiger partial charge < -0.3 is 5.73 Å². The Labute approximate surface area is 105 Å². The van der Waals surface area contributed by atoms with Crippen molar-refractivity contribution in [2.24, 2.45) is 11.7 Å². The van der Waals surface area contributed by atoms with Crippen molar-refractivity contribution in [1.82, 2.24) is 0 Å². The van der Waals surface area contributed by atoms with E-state index in [2.05, 4.69) is 0 Å². The first-order valence-corrected chi connectivity index (χ1v) is 5.66. The van der Waals surface area contributed by atoms with Crippen molar-refractivity contribution in [2.75, 3.05) is 0 Å². The van der Waals surface area contributed by atoms with Gasteiger partial charge in [0.05, 0.1) is 5.92 Å². The number of hydrogen-bond donors (Lipinski definition) is 1. The molecule has 0 radical (unpaired) electrons. The molecule has 3 heteroatoms. The maximum absolute atomic E-state index is 11.3. The molecule has 0 saturated heterocycles. The van der Waals surface area contributed by atoms with E-state index in [1.807, 2.05) is 36.4 Å². The quantitative estimate of drug-likeness (QED) is 0.815. The van der Waals surface area contributed by atoms with Crippen molar-refractivity contribution in [1.29, 1.82) is 0 Å². The number of hydrogen-bond acceptors (Lipinski definition) is 2. The first kappa shape index (κ1) is 11.7. The van der Waals surface area contributed by atoms with Crippen molar-refractivity contribution >= 4 is 22.9 Å². The van der Waals surface area contributed by atoms with Crippen LogP contribution >= 0.6 is 11.6 Å². The number of rotatable bonds is 2. The first-order valence-electron chi connectivity index (χ1n) is 5.28. The highest BCUT2D eigenvalue weighted by Gasteiger charge is 2.19. The number of carbonyl (C=O) groups excluding carboxylic acids is 1. The SMILES string of the molecule is NC1=CC(=Cc2ccccc2)C(C(=O)Cl)C=C1. The summed E-state index contributed by atoms with van der Waals surface area (Å²) >= 11 is 5.56. The van der Waals surface area contributed by atoms with E-state index in [-0.39, 0.29) is 0 Å². The van der Waals surface area contributed by atoms with Crippen LogP contribution in [0.25, 0.3) is 6.08 Å². The summed E-state index contributed by atoms with van der Waals surface area (Å²) in [5.74, 6) is -0.413. The second-order valence-corrected chi connectivity index (χ2v) is 4.21. The summed E-state index contributed by atoms with van der Waals surface area (Å²) in [6.07, 6.45) is 7.12. The number of carbonyl (C=O) groups is 1. The van der Waals surface area contributed by atoms with Gasteiger partial charge in [0.1, 0.15) is 0 Å². The summed E-state index contributed by atoms with van der Waals surface area (Å²) in [6, 6.07) is 9.75. The van der Waals surface area contributed by atoms with Gasteiger partial charge in [0.25, 0.3) is 0 Å². The van der Waals surface area contributed by atoms with Crippen molar-refractivity contribution in [3.63, 3.8) is 0 Å². The maximum atomic E-state index is 11.3. The van der Waals surface area contributed by atoms with Gasteiger partial charge in [-0.05, 0) is 34.9 Å². The Morgan fingerprint density at radius 2 is 2.00 bits per heavy atom. The average molecular weight is 246 g/mol. The Morgan fingerprint density at radius 1 is 1.29 bits per heavy atom. The molecule has 0 heterocycles. The smallest absolute Gasteiger partial charge is 0.232 e. The first-order chi connectivity index (χ1) is 8.16. The van der Waals surface area contributed by atoms with Crippen molar-refractivity contribution < 1.29 is 4.79 Å². The lowest BCUT2D eigenvalue weighted by atomic mass is 9.93. The summed E-state index contributed by atoms with van der Waals surface area (Å²) in [5, 5.41) is -0.396. The lowest BCUT2D eigenvalue weighted by Crippen LogP contribution is -2.13. The normalized spacial score (nSPS) is 21.4. The molecule has 1 aliphatic rings. The van der Waals surface area contributed by atoms with Crippen LogP contribution in [0.2, 0.25) is 0 Å². The van der Waals surface area contributed by atoms with Gasteiger partial charge in [0, 0.05) is 5.70 Å². The molecule has 1 aromatic carbocycles. The molecule has 0 spiro atoms. The third-order valence-corrected chi connectivity index (χ3v) is 2.79. The van der Waals surface area contributed by atoms with Gasteiger partial charge in [0.15, 0.2) is 0 Å². The van der Waals surface area contributed by atoms with E-state index in [0.29, 0.717) is 5.70 Å². The van der Waals surface area contributed by atoms with E-state index in [0.717, 1.165) is 11.1 Å². The van der Waals surface area contributed by atoms with Crippen LogP contribution in [0.5, 0.6) is 0 Å². The van der Waals surface area contributed by atoms with Crippen LogP contribution in [-0.4, -0.2) is 5.24 Å². The Kier molecular flexibility index (Phi) is 3.45. The van der Waals surface area contributed by atoms with Crippen LogP contribution in [-0.2, 0) is 4.79 Å². The highest BCUT2D eigenvalue weighted by molar-refractivity contribution is 6.64. The van der Waals surface area contributed by atoms with Crippen LogP contribution in [0.4, 0.5) is 0 Å². The van der Waals surface area contributed by atoms with E-state index in [9.17, 15) is 4.79 Å². The van der Waals surface area contributed by atoms with Crippen molar-refractivity contribution in [2.45, 2.75) is 0 Å². The van der Waals surface area contributed by atoms with E-state index >= 15 is 0 Å². The molecule has 0 aliphatic heterocycles. The predicted octanol–water partition coefficient (Wildman–Crippen LogP) is 2.86. The molecule has 2 nitrogen and oxygen atoms in total. The zero-order chi connectivity index (χ0) is 12.3. The lowest BCUT2D eigenvalue weighted by molar-refractivity contribution is -0.113. The summed E-state index contributed by atoms with van der Waals surface area (Å²) < 4.78 is 0. The minimum absolute atomic E-state index is 0.396. The van der Waals surface area contributed by atoms with Gasteiger partial charge in [-0.3, -0.25) is 4.79 Å². The Bertz CT molecular complexity index is 514. The molecule has 0 saturated carbocycles. The molecule has 0 bridgehead atoms. The van der Waals surface area contributed by atoms with E-state index in [4.69, 9.17) is 17.3 Å². The van der Waals surface area contributed by atoms with E-state index in [1.165, 1.54) is 0 Å². The molecule has 1 aliphatic carbocycles. The average Bonchev–Trinajstić information content (AvgIpc) is 2.30. The lowest BCUT2D eigenvalue weighted by Gasteiger charge is -2.14. The third-order valence-electron chi connectivity index (χ3n) is 2.55. The fourth-order valence-electron chi connectivity index (χ4n) is 1.73. The van der Waals surface area contributed by atoms with Crippen LogP contribution in [0, 0.1) is 5.92 Å². The summed E-state index contributed by atoms with van der Waals surface area (Å²) in [4.78, 5) is 11.3. The molecule has 17 heavy (non-hydrogen) atoms. The van der Waals surface area contributed by atoms with Crippen molar-refractivity contribution in [3.8, 4) is 0 Å². The topological polar surface area (TPSA) is 43.1 Å². The molecule has 2 rings (SSSR count). The summed E-state index contributed by atoms with van der Waals surface area (Å²) in [5.41, 5.74) is 8.18. The molecule has 0 fully saturated rings. The van der Waals surface area contributed by atoms with Crippen LogP contribution < -0.4 is 5.73 Å². The standard InChI is InChI=1S/C14H12ClNO/c15-14(17)13-7-6-12(16)9-11(13)8-10-4-2-1-3-5-10/h1-9,13H,16H2. The fraction of sp³-hybridized carbons (Fsp3) is 0.0714. The molecule has 0 amide bonds. The van der Waals surface area contributed by atoms with Crippen molar-refractivity contribution in [3.05, 3.63) is 65.4 Å². The monoisotopic (exact) mass is 245 g/mol. The van der Waals surface area contributed by atoms with Gasteiger partial charge in [-0.15, -0.1) is 0 Å². The zero-order valence-corrected chi connectivity index (χ0v) is 9.89. The summed E-state index contributed by atoms with van der Waals surface area (Å²) in [7, 11) is 0. The van der Waals surface area contributed by atoms with Gasteiger partial charge in [-0.1, -0.05) is 42.5 Å². The van der Waals surface area contributed by atoms with Crippen LogP contribution in [0.15, 0.2) is 59.8 Å². The van der Waals surface area contributed by atoms with Gasteiger partial charge in [-0.2, -0.15) is 0 Å². The van der Waals surface area contributed by atoms with E-state index < -0.39 is 11.2 Å². The number of benzene rings is 1. The highest BCUT2D eigenvalue weighted by Crippen LogP contribution is 2.25. The molecule has 1 unspecified atom stereocenters. The second kappa shape index (κ2) is 5.02. The van der Waals surface area contributed by atoms with Crippen LogP contribution in [0.1, 0.15) is 5.56 Å². The largest absolute Gasteiger partial charge is 0.399 e. The molecule has 1 atom stereocenters. The Hall–Kier alpha value is -1.80. The Morgan fingerprint density at radius 3 is 2.65 bits per heavy atom. The minimum atomic E-state index is -0.413. The number of halogens is 1. The number of allylic oxidation sites excluding steroid dienone is 4. The zero-order valence-electron chi connectivity index (χ0n) is 9.14. The minimum Gasteiger partial charge on any atom is -0.399 e. The van der Waals surface area contributed by atoms with Gasteiger partial charge in [-0.25, -0.2) is 0 Å². The third kappa shape index (κ3) is 2.86. The molecule has 86 valence electrons. The maximum Gasteiger partial charge on any atom is 0.232 e.